The van der Waals surface area contributed by atoms with E-state index in [9.17, 15) is 13.6 Å². The van der Waals surface area contributed by atoms with E-state index in [0.717, 1.165) is 11.4 Å². The lowest BCUT2D eigenvalue weighted by Gasteiger charge is -2.31. The van der Waals surface area contributed by atoms with Gasteiger partial charge in [0, 0.05) is 49.3 Å². The Morgan fingerprint density at radius 2 is 1.93 bits per heavy atom. The molecule has 0 spiro atoms. The zero-order valence-electron chi connectivity index (χ0n) is 14.8. The van der Waals surface area contributed by atoms with E-state index in [0.29, 0.717) is 16.5 Å². The maximum absolute atomic E-state index is 13.3. The summed E-state index contributed by atoms with van der Waals surface area (Å²) in [7, 11) is 0. The molecular weight excluding hydrogens is 384 g/mol. The van der Waals surface area contributed by atoms with Crippen LogP contribution in [0.4, 0.5) is 19.7 Å². The number of piperidine rings is 1. The van der Waals surface area contributed by atoms with Crippen LogP contribution in [0.3, 0.4) is 0 Å². The van der Waals surface area contributed by atoms with Crippen LogP contribution >= 0.6 is 11.3 Å². The molecule has 3 aromatic heterocycles. The SMILES string of the molecule is O=C(c1ccnc(Nc2nc(-c3ccccn3)cs2)c1)N1CCC(F)(F)CC1. The molecule has 1 aliphatic heterocycles. The van der Waals surface area contributed by atoms with E-state index in [1.54, 1.807) is 18.3 Å². The topological polar surface area (TPSA) is 71.0 Å². The minimum absolute atomic E-state index is 0.0524. The van der Waals surface area contributed by atoms with Crippen molar-refractivity contribution >= 4 is 28.2 Å². The Morgan fingerprint density at radius 3 is 2.68 bits per heavy atom. The minimum Gasteiger partial charge on any atom is -0.338 e. The first-order valence-corrected chi connectivity index (χ1v) is 9.65. The van der Waals surface area contributed by atoms with Gasteiger partial charge in [-0.2, -0.15) is 0 Å². The lowest BCUT2D eigenvalue weighted by Crippen LogP contribution is -2.42. The summed E-state index contributed by atoms with van der Waals surface area (Å²) in [6, 6.07) is 8.80. The first-order chi connectivity index (χ1) is 13.5. The van der Waals surface area contributed by atoms with Crippen LogP contribution in [0.15, 0.2) is 48.1 Å². The number of aromatic nitrogens is 3. The minimum atomic E-state index is -2.68. The molecule has 0 aromatic carbocycles. The standard InChI is InChI=1S/C19H17F2N5OS/c20-19(21)5-9-26(10-6-19)17(27)13-4-8-23-16(11-13)25-18-24-15(12-28-18)14-3-1-2-7-22-14/h1-4,7-8,11-12H,5-6,9-10H2,(H,23,24,25). The van der Waals surface area contributed by atoms with Crippen LogP contribution in [0.2, 0.25) is 0 Å². The van der Waals surface area contributed by atoms with Gasteiger partial charge < -0.3 is 10.2 Å². The van der Waals surface area contributed by atoms with Crippen molar-refractivity contribution in [2.45, 2.75) is 18.8 Å². The average Bonchev–Trinajstić information content (AvgIpc) is 3.17. The van der Waals surface area contributed by atoms with Gasteiger partial charge in [-0.05, 0) is 24.3 Å². The van der Waals surface area contributed by atoms with E-state index in [4.69, 9.17) is 0 Å². The van der Waals surface area contributed by atoms with Crippen molar-refractivity contribution < 1.29 is 13.6 Å². The van der Waals surface area contributed by atoms with E-state index in [1.807, 2.05) is 23.6 Å². The third-order valence-corrected chi connectivity index (χ3v) is 5.21. The monoisotopic (exact) mass is 401 g/mol. The van der Waals surface area contributed by atoms with Gasteiger partial charge >= 0.3 is 0 Å². The molecule has 0 unspecified atom stereocenters. The third-order valence-electron chi connectivity index (χ3n) is 4.46. The number of alkyl halides is 2. The number of pyridine rings is 2. The number of anilines is 2. The number of thiazole rings is 1. The van der Waals surface area contributed by atoms with E-state index in [2.05, 4.69) is 20.3 Å². The van der Waals surface area contributed by atoms with Crippen molar-refractivity contribution in [1.82, 2.24) is 19.9 Å². The van der Waals surface area contributed by atoms with E-state index < -0.39 is 5.92 Å². The number of hydrogen-bond donors (Lipinski definition) is 1. The molecule has 144 valence electrons. The Hall–Kier alpha value is -2.94. The molecular formula is C19H17F2N5OS. The highest BCUT2D eigenvalue weighted by atomic mass is 32.1. The fraction of sp³-hybridized carbons (Fsp3) is 0.263. The maximum Gasteiger partial charge on any atom is 0.254 e. The van der Waals surface area contributed by atoms with Crippen molar-refractivity contribution in [1.29, 1.82) is 0 Å². The normalized spacial score (nSPS) is 16.0. The van der Waals surface area contributed by atoms with Crippen LogP contribution < -0.4 is 5.32 Å². The molecule has 1 aliphatic rings. The highest BCUT2D eigenvalue weighted by Crippen LogP contribution is 2.29. The van der Waals surface area contributed by atoms with Gasteiger partial charge in [0.05, 0.1) is 5.69 Å². The number of rotatable bonds is 4. The Kier molecular flexibility index (Phi) is 4.99. The van der Waals surface area contributed by atoms with Crippen LogP contribution in [0.1, 0.15) is 23.2 Å². The molecule has 1 saturated heterocycles. The summed E-state index contributed by atoms with van der Waals surface area (Å²) in [5.74, 6) is -2.48. The van der Waals surface area contributed by atoms with Crippen LogP contribution in [0.25, 0.3) is 11.4 Å². The lowest BCUT2D eigenvalue weighted by molar-refractivity contribution is -0.0494. The van der Waals surface area contributed by atoms with Gasteiger partial charge in [-0.15, -0.1) is 11.3 Å². The maximum atomic E-state index is 13.3. The molecule has 6 nitrogen and oxygen atoms in total. The third kappa shape index (κ3) is 4.14. The summed E-state index contributed by atoms with van der Waals surface area (Å²) in [6.07, 6.45) is 2.62. The van der Waals surface area contributed by atoms with Gasteiger partial charge in [0.1, 0.15) is 11.5 Å². The van der Waals surface area contributed by atoms with Crippen LogP contribution in [0, 0.1) is 0 Å². The molecule has 0 saturated carbocycles. The predicted molar refractivity (Wildman–Crippen MR) is 103 cm³/mol. The molecule has 28 heavy (non-hydrogen) atoms. The number of carbonyl (C=O) groups excluding carboxylic acids is 1. The van der Waals surface area contributed by atoms with Crippen LogP contribution in [0.5, 0.6) is 0 Å². The van der Waals surface area contributed by atoms with Gasteiger partial charge in [-0.25, -0.2) is 18.7 Å². The summed E-state index contributed by atoms with van der Waals surface area (Å²) >= 11 is 1.40. The molecule has 9 heteroatoms. The summed E-state index contributed by atoms with van der Waals surface area (Å²) in [5.41, 5.74) is 1.92. The Labute approximate surface area is 164 Å². The molecule has 0 radical (unpaired) electrons. The van der Waals surface area contributed by atoms with Crippen molar-refractivity contribution in [2.75, 3.05) is 18.4 Å². The zero-order valence-corrected chi connectivity index (χ0v) is 15.6. The Bertz CT molecular complexity index is 969. The highest BCUT2D eigenvalue weighted by Gasteiger charge is 2.35. The van der Waals surface area contributed by atoms with E-state index in [-0.39, 0.29) is 31.8 Å². The molecule has 1 N–H and O–H groups in total. The van der Waals surface area contributed by atoms with E-state index in [1.165, 1.54) is 22.4 Å². The molecule has 0 atom stereocenters. The summed E-state index contributed by atoms with van der Waals surface area (Å²) in [5, 5.41) is 5.59. The quantitative estimate of drug-likeness (QED) is 0.709. The molecule has 4 heterocycles. The molecule has 1 fully saturated rings. The summed E-state index contributed by atoms with van der Waals surface area (Å²) < 4.78 is 26.6. The fourth-order valence-electron chi connectivity index (χ4n) is 2.92. The fourth-order valence-corrected chi connectivity index (χ4v) is 3.64. The summed E-state index contributed by atoms with van der Waals surface area (Å²) in [6.45, 7) is 0.105. The van der Waals surface area contributed by atoms with Gasteiger partial charge in [0.2, 0.25) is 0 Å². The smallest absolute Gasteiger partial charge is 0.254 e. The van der Waals surface area contributed by atoms with Gasteiger partial charge in [-0.1, -0.05) is 6.07 Å². The lowest BCUT2D eigenvalue weighted by atomic mass is 10.1. The van der Waals surface area contributed by atoms with Crippen molar-refractivity contribution in [3.05, 3.63) is 53.7 Å². The Balaban J connectivity index is 1.46. The second-order valence-corrected chi connectivity index (χ2v) is 7.31. The molecule has 3 aromatic rings. The zero-order chi connectivity index (χ0) is 19.6. The molecule has 4 rings (SSSR count). The van der Waals surface area contributed by atoms with Crippen molar-refractivity contribution in [3.63, 3.8) is 0 Å². The second-order valence-electron chi connectivity index (χ2n) is 6.46. The average molecular weight is 401 g/mol. The van der Waals surface area contributed by atoms with E-state index >= 15 is 0 Å². The van der Waals surface area contributed by atoms with Gasteiger partial charge in [0.15, 0.2) is 5.13 Å². The predicted octanol–water partition coefficient (Wildman–Crippen LogP) is 4.22. The molecule has 0 aliphatic carbocycles. The number of likely N-dealkylation sites (tertiary alicyclic amines) is 1. The van der Waals surface area contributed by atoms with Gasteiger partial charge in [0.25, 0.3) is 11.8 Å². The number of nitrogens with zero attached hydrogens (tertiary/aromatic N) is 4. The largest absolute Gasteiger partial charge is 0.338 e. The number of halogens is 2. The number of hydrogen-bond acceptors (Lipinski definition) is 6. The number of carbonyl (C=O) groups is 1. The number of amides is 1. The van der Waals surface area contributed by atoms with Crippen LogP contribution in [-0.4, -0.2) is 44.8 Å². The second kappa shape index (κ2) is 7.59. The molecule has 0 bridgehead atoms. The number of nitrogens with one attached hydrogen (secondary N) is 1. The summed E-state index contributed by atoms with van der Waals surface area (Å²) in [4.78, 5) is 27.0. The van der Waals surface area contributed by atoms with Crippen molar-refractivity contribution in [2.24, 2.45) is 0 Å². The highest BCUT2D eigenvalue weighted by molar-refractivity contribution is 7.14. The first kappa shape index (κ1) is 18.4. The van der Waals surface area contributed by atoms with Crippen LogP contribution in [-0.2, 0) is 0 Å². The van der Waals surface area contributed by atoms with Gasteiger partial charge in [-0.3, -0.25) is 9.78 Å². The molecule has 1 amide bonds. The Morgan fingerprint density at radius 1 is 1.11 bits per heavy atom. The first-order valence-electron chi connectivity index (χ1n) is 8.77. The van der Waals surface area contributed by atoms with Crippen molar-refractivity contribution in [3.8, 4) is 11.4 Å².